The Balaban J connectivity index is 0.00000208. The molecule has 1 heterocycles. The largest absolute Gasteiger partial charge is 0.494 e. The lowest BCUT2D eigenvalue weighted by Crippen LogP contribution is -2.12. The number of anilines is 1. The first-order valence-electron chi connectivity index (χ1n) is 8.11. The van der Waals surface area contributed by atoms with Gasteiger partial charge in [-0.2, -0.15) is 0 Å². The van der Waals surface area contributed by atoms with Crippen molar-refractivity contribution in [2.24, 2.45) is 0 Å². The SMILES string of the molecule is CCOc1ccc(C(=O)Nc2ccc(C3CCNC3)cc2)cc1.Cl. The Morgan fingerprint density at radius 1 is 1.17 bits per heavy atom. The van der Waals surface area contributed by atoms with E-state index in [1.165, 1.54) is 12.0 Å². The van der Waals surface area contributed by atoms with Crippen molar-refractivity contribution >= 4 is 24.0 Å². The Morgan fingerprint density at radius 2 is 1.88 bits per heavy atom. The minimum Gasteiger partial charge on any atom is -0.494 e. The lowest BCUT2D eigenvalue weighted by atomic mass is 9.98. The number of ether oxygens (including phenoxy) is 1. The second-order valence-corrected chi connectivity index (χ2v) is 5.72. The Hall–Kier alpha value is -2.04. The predicted molar refractivity (Wildman–Crippen MR) is 99.5 cm³/mol. The molecule has 5 heteroatoms. The Kier molecular flexibility index (Phi) is 6.64. The molecule has 1 atom stereocenters. The maximum atomic E-state index is 12.3. The lowest BCUT2D eigenvalue weighted by molar-refractivity contribution is 0.102. The van der Waals surface area contributed by atoms with Crippen LogP contribution in [-0.4, -0.2) is 25.6 Å². The Morgan fingerprint density at radius 3 is 2.46 bits per heavy atom. The average molecular weight is 347 g/mol. The van der Waals surface area contributed by atoms with Gasteiger partial charge in [0.15, 0.2) is 0 Å². The van der Waals surface area contributed by atoms with Crippen LogP contribution in [0.4, 0.5) is 5.69 Å². The van der Waals surface area contributed by atoms with E-state index in [1.54, 1.807) is 12.1 Å². The van der Waals surface area contributed by atoms with Gasteiger partial charge in [-0.3, -0.25) is 4.79 Å². The summed E-state index contributed by atoms with van der Waals surface area (Å²) in [4.78, 5) is 12.3. The highest BCUT2D eigenvalue weighted by Crippen LogP contribution is 2.23. The first-order chi connectivity index (χ1) is 11.3. The van der Waals surface area contributed by atoms with Crippen LogP contribution in [0.1, 0.15) is 35.2 Å². The zero-order chi connectivity index (χ0) is 16.1. The summed E-state index contributed by atoms with van der Waals surface area (Å²) in [6.07, 6.45) is 1.18. The number of benzene rings is 2. The van der Waals surface area contributed by atoms with Crippen molar-refractivity contribution in [2.45, 2.75) is 19.3 Å². The number of halogens is 1. The topological polar surface area (TPSA) is 50.4 Å². The molecule has 1 aliphatic rings. The van der Waals surface area contributed by atoms with Gasteiger partial charge in [0.2, 0.25) is 0 Å². The van der Waals surface area contributed by atoms with Crippen LogP contribution in [0, 0.1) is 0 Å². The maximum Gasteiger partial charge on any atom is 0.255 e. The number of hydrogen-bond acceptors (Lipinski definition) is 3. The maximum absolute atomic E-state index is 12.3. The van der Waals surface area contributed by atoms with Gasteiger partial charge in [0.25, 0.3) is 5.91 Å². The zero-order valence-electron chi connectivity index (χ0n) is 13.7. The molecule has 1 amide bonds. The summed E-state index contributed by atoms with van der Waals surface area (Å²) in [6, 6.07) is 15.3. The van der Waals surface area contributed by atoms with Crippen molar-refractivity contribution in [3.8, 4) is 5.75 Å². The summed E-state index contributed by atoms with van der Waals surface area (Å²) < 4.78 is 5.38. The van der Waals surface area contributed by atoms with Gasteiger partial charge in [0.1, 0.15) is 5.75 Å². The summed E-state index contributed by atoms with van der Waals surface area (Å²) in [5.41, 5.74) is 2.77. The summed E-state index contributed by atoms with van der Waals surface area (Å²) in [6.45, 7) is 4.68. The molecule has 24 heavy (non-hydrogen) atoms. The third kappa shape index (κ3) is 4.49. The average Bonchev–Trinajstić information content (AvgIpc) is 3.11. The summed E-state index contributed by atoms with van der Waals surface area (Å²) in [7, 11) is 0. The molecule has 0 radical (unpaired) electrons. The number of carbonyl (C=O) groups excluding carboxylic acids is 1. The summed E-state index contributed by atoms with van der Waals surface area (Å²) in [5, 5.41) is 6.30. The van der Waals surface area contributed by atoms with Crippen LogP contribution < -0.4 is 15.4 Å². The number of rotatable bonds is 5. The molecule has 2 aromatic carbocycles. The second-order valence-electron chi connectivity index (χ2n) is 5.72. The van der Waals surface area contributed by atoms with E-state index >= 15 is 0 Å². The minimum absolute atomic E-state index is 0. The van der Waals surface area contributed by atoms with E-state index in [-0.39, 0.29) is 18.3 Å². The van der Waals surface area contributed by atoms with Crippen molar-refractivity contribution in [3.63, 3.8) is 0 Å². The molecule has 0 saturated carbocycles. The van der Waals surface area contributed by atoms with E-state index in [9.17, 15) is 4.79 Å². The molecule has 1 aliphatic heterocycles. The van der Waals surface area contributed by atoms with E-state index in [0.29, 0.717) is 18.1 Å². The third-order valence-corrected chi connectivity index (χ3v) is 4.13. The Labute approximate surface area is 149 Å². The van der Waals surface area contributed by atoms with Gasteiger partial charge in [-0.1, -0.05) is 12.1 Å². The van der Waals surface area contributed by atoms with Gasteiger partial charge < -0.3 is 15.4 Å². The fourth-order valence-electron chi connectivity index (χ4n) is 2.85. The first-order valence-corrected chi connectivity index (χ1v) is 8.11. The molecule has 0 spiro atoms. The first kappa shape index (κ1) is 18.3. The number of nitrogens with one attached hydrogen (secondary N) is 2. The van der Waals surface area contributed by atoms with Gasteiger partial charge in [0, 0.05) is 17.8 Å². The van der Waals surface area contributed by atoms with Gasteiger partial charge in [0.05, 0.1) is 6.61 Å². The van der Waals surface area contributed by atoms with E-state index < -0.39 is 0 Å². The van der Waals surface area contributed by atoms with Gasteiger partial charge in [-0.05, 0) is 67.8 Å². The van der Waals surface area contributed by atoms with Crippen LogP contribution in [0.3, 0.4) is 0 Å². The predicted octanol–water partition coefficient (Wildman–Crippen LogP) is 3.84. The summed E-state index contributed by atoms with van der Waals surface area (Å²) >= 11 is 0. The molecular weight excluding hydrogens is 324 g/mol. The van der Waals surface area contributed by atoms with E-state index in [0.717, 1.165) is 24.5 Å². The van der Waals surface area contributed by atoms with E-state index in [1.807, 2.05) is 31.2 Å². The van der Waals surface area contributed by atoms with Gasteiger partial charge >= 0.3 is 0 Å². The van der Waals surface area contributed by atoms with Crippen LogP contribution in [0.15, 0.2) is 48.5 Å². The van der Waals surface area contributed by atoms with Crippen LogP contribution in [0.2, 0.25) is 0 Å². The smallest absolute Gasteiger partial charge is 0.255 e. The molecule has 0 aliphatic carbocycles. The fourth-order valence-corrected chi connectivity index (χ4v) is 2.85. The van der Waals surface area contributed by atoms with Crippen molar-refractivity contribution in [3.05, 3.63) is 59.7 Å². The zero-order valence-corrected chi connectivity index (χ0v) is 14.6. The molecule has 3 rings (SSSR count). The van der Waals surface area contributed by atoms with Crippen molar-refractivity contribution in [1.29, 1.82) is 0 Å². The van der Waals surface area contributed by atoms with Gasteiger partial charge in [-0.15, -0.1) is 12.4 Å². The highest BCUT2D eigenvalue weighted by molar-refractivity contribution is 6.04. The third-order valence-electron chi connectivity index (χ3n) is 4.13. The molecule has 4 nitrogen and oxygen atoms in total. The molecule has 1 saturated heterocycles. The highest BCUT2D eigenvalue weighted by Gasteiger charge is 2.16. The number of hydrogen-bond donors (Lipinski definition) is 2. The molecular formula is C19H23ClN2O2. The lowest BCUT2D eigenvalue weighted by Gasteiger charge is -2.11. The quantitative estimate of drug-likeness (QED) is 0.865. The van der Waals surface area contributed by atoms with Crippen molar-refractivity contribution < 1.29 is 9.53 Å². The highest BCUT2D eigenvalue weighted by atomic mass is 35.5. The molecule has 128 valence electrons. The minimum atomic E-state index is -0.108. The van der Waals surface area contributed by atoms with E-state index in [2.05, 4.69) is 22.8 Å². The van der Waals surface area contributed by atoms with Crippen LogP contribution >= 0.6 is 12.4 Å². The van der Waals surface area contributed by atoms with E-state index in [4.69, 9.17) is 4.74 Å². The second kappa shape index (κ2) is 8.71. The molecule has 1 fully saturated rings. The number of amides is 1. The fraction of sp³-hybridized carbons (Fsp3) is 0.316. The van der Waals surface area contributed by atoms with Crippen molar-refractivity contribution in [1.82, 2.24) is 5.32 Å². The normalized spacial score (nSPS) is 16.3. The molecule has 2 N–H and O–H groups in total. The molecule has 2 aromatic rings. The molecule has 0 bridgehead atoms. The Bertz CT molecular complexity index is 650. The van der Waals surface area contributed by atoms with Crippen LogP contribution in [0.25, 0.3) is 0 Å². The van der Waals surface area contributed by atoms with Crippen molar-refractivity contribution in [2.75, 3.05) is 25.0 Å². The molecule has 0 aromatic heterocycles. The van der Waals surface area contributed by atoms with Crippen LogP contribution in [-0.2, 0) is 0 Å². The molecule has 1 unspecified atom stereocenters. The number of carbonyl (C=O) groups is 1. The van der Waals surface area contributed by atoms with Crippen LogP contribution in [0.5, 0.6) is 5.75 Å². The summed E-state index contributed by atoms with van der Waals surface area (Å²) in [5.74, 6) is 1.26. The van der Waals surface area contributed by atoms with Gasteiger partial charge in [-0.25, -0.2) is 0 Å². The monoisotopic (exact) mass is 346 g/mol. The standard InChI is InChI=1S/C19H22N2O2.ClH/c1-2-23-18-9-5-15(6-10-18)19(22)21-17-7-3-14(4-8-17)16-11-12-20-13-16;/h3-10,16,20H,2,11-13H2,1H3,(H,21,22);1H.